The molecule has 1 saturated heterocycles. The average Bonchev–Trinajstić information content (AvgIpc) is 3.27. The molecule has 0 spiro atoms. The number of aryl methyl sites for hydroxylation is 2. The van der Waals surface area contributed by atoms with E-state index in [0.717, 1.165) is 34.2 Å². The number of hydrogen-bond donors (Lipinski definition) is 3. The van der Waals surface area contributed by atoms with Crippen molar-refractivity contribution >= 4 is 51.1 Å². The third-order valence-electron chi connectivity index (χ3n) is 6.27. The van der Waals surface area contributed by atoms with Crippen LogP contribution in [0.4, 0.5) is 0 Å². The average molecular weight is 644 g/mol. The van der Waals surface area contributed by atoms with E-state index in [9.17, 15) is 19.5 Å². The zero-order chi connectivity index (χ0) is 29.4. The molecule has 1 aromatic heterocycles. The molecule has 12 heteroatoms. The van der Waals surface area contributed by atoms with Gasteiger partial charge in [0.15, 0.2) is 0 Å². The third-order valence-corrected chi connectivity index (χ3v) is 7.94. The number of aromatic hydroxyl groups is 1. The monoisotopic (exact) mass is 642 g/mol. The largest absolute Gasteiger partial charge is 0.508 e. The van der Waals surface area contributed by atoms with Crippen LogP contribution < -0.4 is 10.6 Å². The molecule has 2 aromatic carbocycles. The van der Waals surface area contributed by atoms with Gasteiger partial charge in [-0.25, -0.2) is 9.78 Å². The summed E-state index contributed by atoms with van der Waals surface area (Å²) >= 11 is 4.79. The van der Waals surface area contributed by atoms with Gasteiger partial charge in [0.25, 0.3) is 11.8 Å². The number of halogens is 1. The molecule has 1 aliphatic heterocycles. The van der Waals surface area contributed by atoms with Crippen molar-refractivity contribution in [2.75, 3.05) is 39.5 Å². The van der Waals surface area contributed by atoms with Crippen LogP contribution in [-0.4, -0.2) is 72.2 Å². The number of phenolic OH excluding ortho intramolecular Hbond substituents is 1. The van der Waals surface area contributed by atoms with Crippen LogP contribution in [0.2, 0.25) is 0 Å². The second kappa shape index (κ2) is 14.4. The van der Waals surface area contributed by atoms with Gasteiger partial charge < -0.3 is 25.2 Å². The van der Waals surface area contributed by atoms with E-state index in [1.54, 1.807) is 30.3 Å². The highest BCUT2D eigenvalue weighted by Gasteiger charge is 2.20. The number of rotatable bonds is 10. The molecule has 2 heterocycles. The van der Waals surface area contributed by atoms with Crippen molar-refractivity contribution in [3.8, 4) is 5.75 Å². The minimum Gasteiger partial charge on any atom is -0.508 e. The summed E-state index contributed by atoms with van der Waals surface area (Å²) in [6, 6.07) is 11.2. The predicted molar refractivity (Wildman–Crippen MR) is 159 cm³/mol. The van der Waals surface area contributed by atoms with Crippen LogP contribution in [0, 0.1) is 13.8 Å². The summed E-state index contributed by atoms with van der Waals surface area (Å²) in [7, 11) is 0. The molecule has 41 heavy (non-hydrogen) atoms. The first kappa shape index (κ1) is 30.4. The van der Waals surface area contributed by atoms with E-state index in [-0.39, 0.29) is 36.1 Å². The minimum absolute atomic E-state index is 0.0106. The van der Waals surface area contributed by atoms with Gasteiger partial charge in [0, 0.05) is 36.2 Å². The molecular weight excluding hydrogens is 612 g/mol. The number of carbonyl (C=O) groups is 3. The van der Waals surface area contributed by atoms with E-state index in [4.69, 9.17) is 9.47 Å². The topological polar surface area (TPSA) is 130 Å². The molecule has 0 saturated carbocycles. The molecule has 1 fully saturated rings. The maximum atomic E-state index is 13.3. The van der Waals surface area contributed by atoms with E-state index in [1.807, 2.05) is 13.8 Å². The quantitative estimate of drug-likeness (QED) is 0.225. The summed E-state index contributed by atoms with van der Waals surface area (Å²) in [5.74, 6) is -1.43. The van der Waals surface area contributed by atoms with Crippen LogP contribution in [-0.2, 0) is 20.8 Å². The molecule has 3 N–H and O–H groups in total. The van der Waals surface area contributed by atoms with Crippen molar-refractivity contribution in [2.45, 2.75) is 20.4 Å². The Morgan fingerprint density at radius 3 is 2.61 bits per heavy atom. The van der Waals surface area contributed by atoms with Gasteiger partial charge in [-0.05, 0) is 71.7 Å². The Labute approximate surface area is 250 Å². The normalized spacial score (nSPS) is 14.0. The number of nitrogens with one attached hydrogen (secondary N) is 2. The Bertz CT molecular complexity index is 1450. The molecule has 4 rings (SSSR count). The smallest absolute Gasteiger partial charge is 0.354 e. The van der Waals surface area contributed by atoms with Gasteiger partial charge in [0.2, 0.25) is 0 Å². The minimum atomic E-state index is -0.656. The third kappa shape index (κ3) is 8.70. The lowest BCUT2D eigenvalue weighted by Gasteiger charge is -2.26. The lowest BCUT2D eigenvalue weighted by atomic mass is 10.1. The van der Waals surface area contributed by atoms with Crippen molar-refractivity contribution < 1.29 is 29.0 Å². The molecule has 3 aromatic rings. The summed E-state index contributed by atoms with van der Waals surface area (Å²) in [6.45, 7) is 7.50. The fraction of sp³-hybridized carbons (Fsp3) is 0.310. The summed E-state index contributed by atoms with van der Waals surface area (Å²) in [6.07, 6.45) is 1.58. The number of thiazole rings is 1. The predicted octanol–water partition coefficient (Wildman–Crippen LogP) is 3.80. The number of amides is 2. The maximum absolute atomic E-state index is 13.3. The second-order valence-corrected chi connectivity index (χ2v) is 11.4. The molecule has 0 aliphatic carbocycles. The highest BCUT2D eigenvalue weighted by Crippen LogP contribution is 2.22. The Hall–Kier alpha value is -3.58. The van der Waals surface area contributed by atoms with Gasteiger partial charge in [-0.2, -0.15) is 0 Å². The van der Waals surface area contributed by atoms with Crippen LogP contribution >= 0.6 is 27.3 Å². The standard InChI is InChI=1S/C29H31BrN4O6S/c1-18-26(41-19(2)32-18)16-25(29(38)40-13-10-34-8-11-39-12-9-34)33-28(37)23-7-6-21(15-24(23)30)27(36)31-17-20-4-3-5-22(35)14-20/h3-7,14-16,35H,8-13,17H2,1-2H3,(H,31,36)(H,33,37). The summed E-state index contributed by atoms with van der Waals surface area (Å²) in [5, 5.41) is 15.9. The molecule has 0 bridgehead atoms. The van der Waals surface area contributed by atoms with Crippen LogP contribution in [0.3, 0.4) is 0 Å². The number of phenols is 1. The lowest BCUT2D eigenvalue weighted by molar-refractivity contribution is -0.140. The van der Waals surface area contributed by atoms with Crippen LogP contribution in [0.1, 0.15) is 41.9 Å². The summed E-state index contributed by atoms with van der Waals surface area (Å²) in [4.78, 5) is 46.3. The number of benzene rings is 2. The zero-order valence-corrected chi connectivity index (χ0v) is 25.1. The maximum Gasteiger partial charge on any atom is 0.354 e. The van der Waals surface area contributed by atoms with E-state index in [1.165, 1.54) is 29.5 Å². The number of hydrogen-bond acceptors (Lipinski definition) is 9. The molecular formula is C29H31BrN4O6S. The van der Waals surface area contributed by atoms with Crippen molar-refractivity contribution in [3.05, 3.63) is 84.9 Å². The highest BCUT2D eigenvalue weighted by molar-refractivity contribution is 9.10. The fourth-order valence-corrected chi connectivity index (χ4v) is 5.54. The number of aromatic nitrogens is 1. The number of nitrogens with zero attached hydrogens (tertiary/aromatic N) is 2. The molecule has 0 radical (unpaired) electrons. The van der Waals surface area contributed by atoms with Gasteiger partial charge in [-0.15, -0.1) is 11.3 Å². The van der Waals surface area contributed by atoms with Crippen LogP contribution in [0.5, 0.6) is 5.75 Å². The first-order valence-corrected chi connectivity index (χ1v) is 14.6. The number of carbonyl (C=O) groups excluding carboxylic acids is 3. The van der Waals surface area contributed by atoms with Crippen molar-refractivity contribution in [3.63, 3.8) is 0 Å². The van der Waals surface area contributed by atoms with Gasteiger partial charge in [0.1, 0.15) is 18.1 Å². The van der Waals surface area contributed by atoms with E-state index < -0.39 is 11.9 Å². The molecule has 10 nitrogen and oxygen atoms in total. The Morgan fingerprint density at radius 2 is 1.93 bits per heavy atom. The van der Waals surface area contributed by atoms with E-state index in [2.05, 4.69) is 36.4 Å². The van der Waals surface area contributed by atoms with Crippen molar-refractivity contribution in [1.82, 2.24) is 20.5 Å². The van der Waals surface area contributed by atoms with Gasteiger partial charge in [0.05, 0.1) is 34.4 Å². The summed E-state index contributed by atoms with van der Waals surface area (Å²) in [5.41, 5.74) is 2.04. The molecule has 2 amide bonds. The fourth-order valence-electron chi connectivity index (χ4n) is 4.11. The van der Waals surface area contributed by atoms with Gasteiger partial charge >= 0.3 is 5.97 Å². The number of morpholine rings is 1. The molecule has 0 unspecified atom stereocenters. The molecule has 216 valence electrons. The first-order valence-electron chi connectivity index (χ1n) is 13.0. The highest BCUT2D eigenvalue weighted by atomic mass is 79.9. The Kier molecular flexibility index (Phi) is 10.6. The number of esters is 1. The molecule has 1 aliphatic rings. The van der Waals surface area contributed by atoms with Gasteiger partial charge in [-0.3, -0.25) is 14.5 Å². The second-order valence-electron chi connectivity index (χ2n) is 9.33. The lowest BCUT2D eigenvalue weighted by Crippen LogP contribution is -2.39. The summed E-state index contributed by atoms with van der Waals surface area (Å²) < 4.78 is 11.2. The number of ether oxygens (including phenoxy) is 2. The van der Waals surface area contributed by atoms with Crippen LogP contribution in [0.25, 0.3) is 6.08 Å². The van der Waals surface area contributed by atoms with Crippen molar-refractivity contribution in [2.24, 2.45) is 0 Å². The van der Waals surface area contributed by atoms with E-state index in [0.29, 0.717) is 29.8 Å². The van der Waals surface area contributed by atoms with Crippen LogP contribution in [0.15, 0.2) is 52.6 Å². The van der Waals surface area contributed by atoms with E-state index >= 15 is 0 Å². The molecule has 0 atom stereocenters. The first-order chi connectivity index (χ1) is 19.7. The Balaban J connectivity index is 1.44. The SMILES string of the molecule is Cc1nc(C)c(C=C(NC(=O)c2ccc(C(=O)NCc3cccc(O)c3)cc2Br)C(=O)OCCN2CCOCC2)s1. The zero-order valence-electron chi connectivity index (χ0n) is 22.7. The Morgan fingerprint density at radius 1 is 1.15 bits per heavy atom. The van der Waals surface area contributed by atoms with Gasteiger partial charge in [-0.1, -0.05) is 12.1 Å². The van der Waals surface area contributed by atoms with Crippen molar-refractivity contribution in [1.29, 1.82) is 0 Å².